The number of rotatable bonds is 5. The maximum Gasteiger partial charge on any atom is 0.338 e. The summed E-state index contributed by atoms with van der Waals surface area (Å²) >= 11 is 0. The van der Waals surface area contributed by atoms with Gasteiger partial charge in [-0.25, -0.2) is 14.8 Å². The van der Waals surface area contributed by atoms with E-state index in [4.69, 9.17) is 4.74 Å². The average Bonchev–Trinajstić information content (AvgIpc) is 2.69. The van der Waals surface area contributed by atoms with Gasteiger partial charge < -0.3 is 15.0 Å². The van der Waals surface area contributed by atoms with Crippen LogP contribution in [-0.4, -0.2) is 46.4 Å². The molecule has 1 saturated heterocycles. The molecule has 2 heterocycles. The summed E-state index contributed by atoms with van der Waals surface area (Å²) < 4.78 is 4.95. The molecule has 1 amide bonds. The van der Waals surface area contributed by atoms with Crippen LogP contribution in [0.25, 0.3) is 0 Å². The number of likely N-dealkylation sites (tertiary alicyclic amines) is 1. The third kappa shape index (κ3) is 4.36. The summed E-state index contributed by atoms with van der Waals surface area (Å²) in [5, 5.41) is 3.05. The van der Waals surface area contributed by atoms with E-state index >= 15 is 0 Å². The number of nitrogens with one attached hydrogen (secondary N) is 1. The van der Waals surface area contributed by atoms with Crippen molar-refractivity contribution in [3.8, 4) is 0 Å². The van der Waals surface area contributed by atoms with Crippen LogP contribution < -0.4 is 5.32 Å². The molecule has 136 valence electrons. The van der Waals surface area contributed by atoms with Gasteiger partial charge in [0.25, 0.3) is 5.91 Å². The summed E-state index contributed by atoms with van der Waals surface area (Å²) in [6.07, 6.45) is 6.36. The van der Waals surface area contributed by atoms with Crippen molar-refractivity contribution in [3.63, 3.8) is 0 Å². The number of benzene rings is 1. The van der Waals surface area contributed by atoms with Crippen molar-refractivity contribution in [1.82, 2.24) is 14.9 Å². The lowest BCUT2D eigenvalue weighted by Gasteiger charge is -2.26. The number of ether oxygens (including phenoxy) is 1. The molecule has 0 aliphatic carbocycles. The molecule has 26 heavy (non-hydrogen) atoms. The monoisotopic (exact) mass is 354 g/mol. The Labute approximate surface area is 152 Å². The Morgan fingerprint density at radius 1 is 1.04 bits per heavy atom. The fourth-order valence-corrected chi connectivity index (χ4v) is 2.82. The van der Waals surface area contributed by atoms with E-state index in [-0.39, 0.29) is 11.9 Å². The first-order valence-electron chi connectivity index (χ1n) is 8.83. The molecule has 0 spiro atoms. The quantitative estimate of drug-likeness (QED) is 0.831. The molecule has 2 aromatic rings. The summed E-state index contributed by atoms with van der Waals surface area (Å²) in [5.41, 5.74) is 1.73. The minimum absolute atomic E-state index is 0.0185. The van der Waals surface area contributed by atoms with Crippen molar-refractivity contribution in [2.24, 2.45) is 0 Å². The number of piperidine rings is 1. The minimum Gasteiger partial charge on any atom is -0.462 e. The maximum absolute atomic E-state index is 12.4. The summed E-state index contributed by atoms with van der Waals surface area (Å²) in [6.45, 7) is 3.71. The first-order valence-corrected chi connectivity index (χ1v) is 8.83. The van der Waals surface area contributed by atoms with Crippen LogP contribution in [0, 0.1) is 0 Å². The second-order valence-corrected chi connectivity index (χ2v) is 6.07. The number of carbonyl (C=O) groups is 2. The van der Waals surface area contributed by atoms with Crippen LogP contribution in [0.3, 0.4) is 0 Å². The molecular weight excluding hydrogens is 332 g/mol. The van der Waals surface area contributed by atoms with Gasteiger partial charge in [-0.3, -0.25) is 4.79 Å². The predicted octanol–water partition coefficient (Wildman–Crippen LogP) is 3.02. The number of anilines is 2. The Balaban J connectivity index is 1.62. The molecule has 7 nitrogen and oxygen atoms in total. The molecule has 0 atom stereocenters. The summed E-state index contributed by atoms with van der Waals surface area (Å²) in [5.74, 6) is 0.0231. The molecule has 1 N–H and O–H groups in total. The number of hydrogen-bond donors (Lipinski definition) is 1. The molecule has 3 rings (SSSR count). The highest BCUT2D eigenvalue weighted by Gasteiger charge is 2.18. The summed E-state index contributed by atoms with van der Waals surface area (Å²) in [7, 11) is 0. The van der Waals surface area contributed by atoms with Crippen molar-refractivity contribution in [2.45, 2.75) is 26.2 Å². The number of nitrogens with zero attached hydrogens (tertiary/aromatic N) is 3. The maximum atomic E-state index is 12.4. The number of aromatic nitrogens is 2. The Morgan fingerprint density at radius 3 is 2.31 bits per heavy atom. The van der Waals surface area contributed by atoms with Gasteiger partial charge in [-0.2, -0.15) is 0 Å². The van der Waals surface area contributed by atoms with Crippen molar-refractivity contribution < 1.29 is 14.3 Å². The first kappa shape index (κ1) is 17.8. The van der Waals surface area contributed by atoms with E-state index in [0.717, 1.165) is 31.6 Å². The number of hydrogen-bond acceptors (Lipinski definition) is 6. The van der Waals surface area contributed by atoms with E-state index in [0.29, 0.717) is 23.7 Å². The lowest BCUT2D eigenvalue weighted by Crippen LogP contribution is -2.35. The number of esters is 1. The van der Waals surface area contributed by atoms with Crippen LogP contribution in [-0.2, 0) is 4.74 Å². The van der Waals surface area contributed by atoms with Crippen molar-refractivity contribution >= 4 is 23.5 Å². The van der Waals surface area contributed by atoms with Gasteiger partial charge >= 0.3 is 5.97 Å². The van der Waals surface area contributed by atoms with Crippen LogP contribution in [0.1, 0.15) is 46.9 Å². The summed E-state index contributed by atoms with van der Waals surface area (Å²) in [4.78, 5) is 34.3. The average molecular weight is 354 g/mol. The molecular formula is C19H22N4O3. The van der Waals surface area contributed by atoms with Crippen molar-refractivity contribution in [2.75, 3.05) is 25.0 Å². The van der Waals surface area contributed by atoms with Crippen LogP contribution in [0.5, 0.6) is 0 Å². The molecule has 0 radical (unpaired) electrons. The molecule has 0 saturated carbocycles. The van der Waals surface area contributed by atoms with Crippen molar-refractivity contribution in [3.05, 3.63) is 47.8 Å². The second-order valence-electron chi connectivity index (χ2n) is 6.07. The van der Waals surface area contributed by atoms with Crippen molar-refractivity contribution in [1.29, 1.82) is 0 Å². The van der Waals surface area contributed by atoms with Gasteiger partial charge in [-0.05, 0) is 50.5 Å². The molecule has 0 bridgehead atoms. The van der Waals surface area contributed by atoms with E-state index < -0.39 is 0 Å². The number of amides is 1. The van der Waals surface area contributed by atoms with E-state index in [2.05, 4.69) is 15.3 Å². The highest BCUT2D eigenvalue weighted by atomic mass is 16.5. The van der Waals surface area contributed by atoms with Gasteiger partial charge in [0.15, 0.2) is 0 Å². The van der Waals surface area contributed by atoms with Gasteiger partial charge in [-0.15, -0.1) is 0 Å². The topological polar surface area (TPSA) is 84.4 Å². The standard InChI is InChI=1S/C19H22N4O3/c1-2-26-18(25)14-6-8-16(9-7-14)22-19-20-12-15(13-21-19)17(24)23-10-4-3-5-11-23/h6-9,12-13H,2-5,10-11H2,1H3,(H,20,21,22). The largest absolute Gasteiger partial charge is 0.462 e. The Hall–Kier alpha value is -2.96. The lowest BCUT2D eigenvalue weighted by atomic mass is 10.1. The molecule has 7 heteroatoms. The lowest BCUT2D eigenvalue weighted by molar-refractivity contribution is 0.0526. The molecule has 1 aliphatic heterocycles. The van der Waals surface area contributed by atoms with Gasteiger partial charge in [-0.1, -0.05) is 0 Å². The van der Waals surface area contributed by atoms with Crippen LogP contribution in [0.2, 0.25) is 0 Å². The third-order valence-corrected chi connectivity index (χ3v) is 4.19. The Kier molecular flexibility index (Phi) is 5.78. The minimum atomic E-state index is -0.351. The van der Waals surface area contributed by atoms with E-state index in [1.807, 2.05) is 4.90 Å². The molecule has 1 aromatic heterocycles. The number of carbonyl (C=O) groups excluding carboxylic acids is 2. The van der Waals surface area contributed by atoms with Crippen LogP contribution in [0.4, 0.5) is 11.6 Å². The van der Waals surface area contributed by atoms with E-state index in [1.165, 1.54) is 6.42 Å². The van der Waals surface area contributed by atoms with Gasteiger partial charge in [0.2, 0.25) is 5.95 Å². The highest BCUT2D eigenvalue weighted by Crippen LogP contribution is 2.16. The molecule has 1 aromatic carbocycles. The van der Waals surface area contributed by atoms with Crippen LogP contribution >= 0.6 is 0 Å². The van der Waals surface area contributed by atoms with Crippen LogP contribution in [0.15, 0.2) is 36.7 Å². The zero-order valence-electron chi connectivity index (χ0n) is 14.8. The Bertz CT molecular complexity index is 753. The molecule has 1 aliphatic rings. The van der Waals surface area contributed by atoms with Gasteiger partial charge in [0.1, 0.15) is 0 Å². The predicted molar refractivity (Wildman–Crippen MR) is 97.5 cm³/mol. The van der Waals surface area contributed by atoms with Gasteiger partial charge in [0.05, 0.1) is 17.7 Å². The Morgan fingerprint density at radius 2 is 1.69 bits per heavy atom. The molecule has 0 unspecified atom stereocenters. The fraction of sp³-hybridized carbons (Fsp3) is 0.368. The summed E-state index contributed by atoms with van der Waals surface area (Å²) in [6, 6.07) is 6.86. The van der Waals surface area contributed by atoms with Gasteiger partial charge in [0, 0.05) is 31.2 Å². The van der Waals surface area contributed by atoms with E-state index in [1.54, 1.807) is 43.6 Å². The molecule has 1 fully saturated rings. The zero-order valence-corrected chi connectivity index (χ0v) is 14.8. The fourth-order valence-electron chi connectivity index (χ4n) is 2.82. The van der Waals surface area contributed by atoms with E-state index in [9.17, 15) is 9.59 Å². The zero-order chi connectivity index (χ0) is 18.4. The highest BCUT2D eigenvalue weighted by molar-refractivity contribution is 5.93. The normalized spacial score (nSPS) is 14.0. The second kappa shape index (κ2) is 8.42. The SMILES string of the molecule is CCOC(=O)c1ccc(Nc2ncc(C(=O)N3CCCCC3)cn2)cc1. The smallest absolute Gasteiger partial charge is 0.338 e. The first-order chi connectivity index (χ1) is 12.7. The third-order valence-electron chi connectivity index (χ3n) is 4.19.